The highest BCUT2D eigenvalue weighted by atomic mass is 28.3. The van der Waals surface area contributed by atoms with Crippen molar-refractivity contribution in [1.29, 1.82) is 0 Å². The molecule has 0 aromatic heterocycles. The predicted octanol–water partition coefficient (Wildman–Crippen LogP) is 3.91. The van der Waals surface area contributed by atoms with Gasteiger partial charge in [-0.3, -0.25) is 0 Å². The van der Waals surface area contributed by atoms with Gasteiger partial charge >= 0.3 is 0 Å². The van der Waals surface area contributed by atoms with Crippen LogP contribution in [-0.4, -0.2) is 19.3 Å². The monoisotopic (exact) mass is 288 g/mol. The standard InChI is InChI=1S/C18H28OSi/c1-7-16(18(2,3)4)17(19)13-14-20(5,6)15-11-9-8-10-12-15/h7-14,16-17,19H,1H2,2-6H3/b14-13+/t16-,17-/m1/s1. The molecule has 0 saturated carbocycles. The van der Waals surface area contributed by atoms with Crippen molar-refractivity contribution in [2.45, 2.75) is 40.0 Å². The highest BCUT2D eigenvalue weighted by Crippen LogP contribution is 2.30. The normalized spacial score (nSPS) is 16.1. The quantitative estimate of drug-likeness (QED) is 0.643. The molecule has 0 heterocycles. The maximum absolute atomic E-state index is 10.4. The van der Waals surface area contributed by atoms with Gasteiger partial charge in [-0.2, -0.15) is 0 Å². The van der Waals surface area contributed by atoms with Crippen LogP contribution < -0.4 is 5.19 Å². The Hall–Kier alpha value is -1.12. The van der Waals surface area contributed by atoms with Crippen LogP contribution in [0, 0.1) is 11.3 Å². The third-order valence-corrected chi connectivity index (χ3v) is 6.70. The summed E-state index contributed by atoms with van der Waals surface area (Å²) in [6.07, 6.45) is 3.37. The molecule has 0 fully saturated rings. The first-order valence-electron chi connectivity index (χ1n) is 7.24. The van der Waals surface area contributed by atoms with Gasteiger partial charge in [-0.25, -0.2) is 0 Å². The fourth-order valence-electron chi connectivity index (χ4n) is 2.43. The fraction of sp³-hybridized carbons (Fsp3) is 0.444. The van der Waals surface area contributed by atoms with Gasteiger partial charge in [0.1, 0.15) is 8.07 Å². The van der Waals surface area contributed by atoms with Crippen molar-refractivity contribution in [3.05, 3.63) is 54.8 Å². The molecule has 110 valence electrons. The molecule has 2 heteroatoms. The van der Waals surface area contributed by atoms with E-state index in [2.05, 4.69) is 70.4 Å². The van der Waals surface area contributed by atoms with Crippen LogP contribution in [0.5, 0.6) is 0 Å². The van der Waals surface area contributed by atoms with Crippen molar-refractivity contribution >= 4 is 13.3 Å². The summed E-state index contributed by atoms with van der Waals surface area (Å²) < 4.78 is 0. The molecule has 1 nitrogen and oxygen atoms in total. The fourth-order valence-corrected chi connectivity index (χ4v) is 4.35. The average molecular weight is 289 g/mol. The lowest BCUT2D eigenvalue weighted by Gasteiger charge is -2.31. The Morgan fingerprint density at radius 1 is 1.15 bits per heavy atom. The Balaban J connectivity index is 2.88. The van der Waals surface area contributed by atoms with Gasteiger partial charge in [0.15, 0.2) is 0 Å². The molecule has 0 unspecified atom stereocenters. The zero-order valence-corrected chi connectivity index (χ0v) is 14.4. The maximum atomic E-state index is 10.4. The van der Waals surface area contributed by atoms with Crippen LogP contribution >= 0.6 is 0 Å². The van der Waals surface area contributed by atoms with Crippen LogP contribution in [0.25, 0.3) is 0 Å². The maximum Gasteiger partial charge on any atom is 0.103 e. The lowest BCUT2D eigenvalue weighted by atomic mass is 9.77. The molecule has 0 aliphatic rings. The van der Waals surface area contributed by atoms with Crippen LogP contribution in [0.1, 0.15) is 20.8 Å². The van der Waals surface area contributed by atoms with Gasteiger partial charge in [0.05, 0.1) is 6.10 Å². The summed E-state index contributed by atoms with van der Waals surface area (Å²) in [5.74, 6) is 0.0688. The minimum Gasteiger partial charge on any atom is -0.388 e. The zero-order valence-electron chi connectivity index (χ0n) is 13.4. The third-order valence-electron chi connectivity index (χ3n) is 3.85. The summed E-state index contributed by atoms with van der Waals surface area (Å²) >= 11 is 0. The van der Waals surface area contributed by atoms with E-state index < -0.39 is 14.2 Å². The number of rotatable bonds is 5. The summed E-state index contributed by atoms with van der Waals surface area (Å²) in [7, 11) is -1.63. The van der Waals surface area contributed by atoms with Gasteiger partial charge in [0.2, 0.25) is 0 Å². The second-order valence-electron chi connectivity index (χ2n) is 7.06. The molecule has 1 N–H and O–H groups in total. The van der Waals surface area contributed by atoms with E-state index in [0.717, 1.165) is 0 Å². The molecule has 20 heavy (non-hydrogen) atoms. The number of aliphatic hydroxyl groups is 1. The summed E-state index contributed by atoms with van der Waals surface area (Å²) in [6, 6.07) is 10.6. The summed E-state index contributed by atoms with van der Waals surface area (Å²) in [6.45, 7) is 14.9. The summed E-state index contributed by atoms with van der Waals surface area (Å²) in [5, 5.41) is 11.8. The smallest absolute Gasteiger partial charge is 0.103 e. The minimum atomic E-state index is -1.63. The molecular weight excluding hydrogens is 260 g/mol. The van der Waals surface area contributed by atoms with Crippen molar-refractivity contribution in [3.8, 4) is 0 Å². The minimum absolute atomic E-state index is 0.0178. The van der Waals surface area contributed by atoms with Crippen LogP contribution in [0.4, 0.5) is 0 Å². The van der Waals surface area contributed by atoms with Crippen LogP contribution in [0.15, 0.2) is 54.8 Å². The first-order chi connectivity index (χ1) is 9.18. The van der Waals surface area contributed by atoms with Crippen molar-refractivity contribution in [2.24, 2.45) is 11.3 Å². The number of hydrogen-bond donors (Lipinski definition) is 1. The summed E-state index contributed by atoms with van der Waals surface area (Å²) in [4.78, 5) is 0. The van der Waals surface area contributed by atoms with Crippen molar-refractivity contribution in [1.82, 2.24) is 0 Å². The van der Waals surface area contributed by atoms with Gasteiger partial charge < -0.3 is 5.11 Å². The van der Waals surface area contributed by atoms with E-state index in [0.29, 0.717) is 0 Å². The molecular formula is C18H28OSi. The average Bonchev–Trinajstić information content (AvgIpc) is 2.37. The summed E-state index contributed by atoms with van der Waals surface area (Å²) in [5.41, 5.74) is 2.25. The molecule has 0 saturated heterocycles. The molecule has 1 aromatic carbocycles. The Kier molecular flexibility index (Phi) is 5.55. The molecule has 1 rings (SSSR count). The van der Waals surface area contributed by atoms with Crippen LogP contribution in [0.3, 0.4) is 0 Å². The topological polar surface area (TPSA) is 20.2 Å². The lowest BCUT2D eigenvalue weighted by Crippen LogP contribution is -2.40. The van der Waals surface area contributed by atoms with Crippen LogP contribution in [0.2, 0.25) is 13.1 Å². The van der Waals surface area contributed by atoms with Gasteiger partial charge in [-0.05, 0) is 5.41 Å². The zero-order chi connectivity index (χ0) is 15.4. The largest absolute Gasteiger partial charge is 0.388 e. The highest BCUT2D eigenvalue weighted by Gasteiger charge is 2.28. The van der Waals surface area contributed by atoms with Gasteiger partial charge in [-0.15, -0.1) is 6.58 Å². The second-order valence-corrected chi connectivity index (χ2v) is 11.4. The van der Waals surface area contributed by atoms with E-state index in [1.54, 1.807) is 0 Å². The Labute approximate surface area is 125 Å². The van der Waals surface area contributed by atoms with Crippen molar-refractivity contribution in [2.75, 3.05) is 0 Å². The first kappa shape index (κ1) is 16.9. The van der Waals surface area contributed by atoms with Crippen molar-refractivity contribution in [3.63, 3.8) is 0 Å². The van der Waals surface area contributed by atoms with Gasteiger partial charge in [-0.1, -0.05) is 87.2 Å². The van der Waals surface area contributed by atoms with E-state index in [4.69, 9.17) is 0 Å². The SMILES string of the molecule is C=C[C@H]([C@H](O)/C=C/[Si](C)(C)c1ccccc1)C(C)(C)C. The second kappa shape index (κ2) is 6.55. The van der Waals surface area contributed by atoms with E-state index in [1.165, 1.54) is 5.19 Å². The Morgan fingerprint density at radius 3 is 2.15 bits per heavy atom. The molecule has 0 aliphatic heterocycles. The molecule has 2 atom stereocenters. The molecule has 0 amide bonds. The Morgan fingerprint density at radius 2 is 1.70 bits per heavy atom. The molecule has 0 aliphatic carbocycles. The van der Waals surface area contributed by atoms with Crippen LogP contribution in [-0.2, 0) is 0 Å². The van der Waals surface area contributed by atoms with E-state index in [9.17, 15) is 5.11 Å². The van der Waals surface area contributed by atoms with E-state index in [-0.39, 0.29) is 11.3 Å². The van der Waals surface area contributed by atoms with E-state index >= 15 is 0 Å². The van der Waals surface area contributed by atoms with E-state index in [1.807, 2.05) is 18.2 Å². The Bertz CT molecular complexity index is 454. The van der Waals surface area contributed by atoms with Gasteiger partial charge in [0.25, 0.3) is 0 Å². The van der Waals surface area contributed by atoms with Gasteiger partial charge in [0, 0.05) is 5.92 Å². The molecule has 1 aromatic rings. The predicted molar refractivity (Wildman–Crippen MR) is 91.8 cm³/mol. The number of hydrogen-bond acceptors (Lipinski definition) is 1. The lowest BCUT2D eigenvalue weighted by molar-refractivity contribution is 0.109. The molecule has 0 bridgehead atoms. The molecule has 0 spiro atoms. The first-order valence-corrected chi connectivity index (χ1v) is 10.3. The highest BCUT2D eigenvalue weighted by molar-refractivity contribution is 6.93. The molecule has 0 radical (unpaired) electrons. The third kappa shape index (κ3) is 4.46. The number of benzene rings is 1. The number of aliphatic hydroxyl groups excluding tert-OH is 1. The van der Waals surface area contributed by atoms with Crippen molar-refractivity contribution < 1.29 is 5.11 Å².